The highest BCUT2D eigenvalue weighted by Gasteiger charge is 2.24. The van der Waals surface area contributed by atoms with Crippen LogP contribution in [0.1, 0.15) is 27.9 Å². The Morgan fingerprint density at radius 1 is 1.10 bits per heavy atom. The fraction of sp³-hybridized carbons (Fsp3) is 0.391. The lowest BCUT2D eigenvalue weighted by Gasteiger charge is -2.21. The Labute approximate surface area is 182 Å². The van der Waals surface area contributed by atoms with E-state index in [1.54, 1.807) is 19.1 Å². The van der Waals surface area contributed by atoms with Gasteiger partial charge in [-0.05, 0) is 37.6 Å². The van der Waals surface area contributed by atoms with E-state index < -0.39 is 0 Å². The standard InChI is InChI=1S/C23H29N3O3S/c1-15-8-9-16(2)17(14-15)22(27)26(13-7-12-25(3)4)23-24-20-18(28-5)10-11-19(29-6)21(20)30-23/h8-11,14H,7,12-13H2,1-6H3/p+1. The third kappa shape index (κ3) is 4.57. The molecule has 0 aliphatic rings. The second-order valence-corrected chi connectivity index (χ2v) is 8.71. The quantitative estimate of drug-likeness (QED) is 0.599. The molecule has 0 aliphatic carbocycles. The lowest BCUT2D eigenvalue weighted by molar-refractivity contribution is -0.858. The Hall–Kier alpha value is -2.64. The van der Waals surface area contributed by atoms with Gasteiger partial charge in [0.2, 0.25) is 0 Å². The zero-order valence-electron chi connectivity index (χ0n) is 18.5. The van der Waals surface area contributed by atoms with E-state index in [1.807, 2.05) is 44.2 Å². The fourth-order valence-corrected chi connectivity index (χ4v) is 4.47. The first-order valence-corrected chi connectivity index (χ1v) is 10.9. The normalized spacial score (nSPS) is 11.2. The van der Waals surface area contributed by atoms with Gasteiger partial charge in [-0.2, -0.15) is 0 Å². The van der Waals surface area contributed by atoms with Crippen LogP contribution in [0.15, 0.2) is 30.3 Å². The predicted molar refractivity (Wildman–Crippen MR) is 123 cm³/mol. The summed E-state index contributed by atoms with van der Waals surface area (Å²) in [7, 11) is 7.49. The molecule has 0 saturated carbocycles. The highest BCUT2D eigenvalue weighted by Crippen LogP contribution is 2.40. The van der Waals surface area contributed by atoms with E-state index in [4.69, 9.17) is 14.5 Å². The number of amides is 1. The average Bonchev–Trinajstić information content (AvgIpc) is 3.16. The maximum Gasteiger partial charge on any atom is 0.260 e. The van der Waals surface area contributed by atoms with Crippen LogP contribution >= 0.6 is 11.3 Å². The molecule has 2 aromatic carbocycles. The third-order valence-electron chi connectivity index (χ3n) is 5.06. The zero-order valence-corrected chi connectivity index (χ0v) is 19.4. The van der Waals surface area contributed by atoms with Crippen molar-refractivity contribution in [3.63, 3.8) is 0 Å². The van der Waals surface area contributed by atoms with Crippen LogP contribution in [0.4, 0.5) is 5.13 Å². The van der Waals surface area contributed by atoms with Crippen molar-refractivity contribution >= 4 is 32.6 Å². The van der Waals surface area contributed by atoms with E-state index >= 15 is 0 Å². The first kappa shape index (κ1) is 22.1. The highest BCUT2D eigenvalue weighted by molar-refractivity contribution is 7.22. The first-order chi connectivity index (χ1) is 14.3. The minimum atomic E-state index is -0.0260. The number of nitrogens with zero attached hydrogens (tertiary/aromatic N) is 2. The Balaban J connectivity index is 2.08. The highest BCUT2D eigenvalue weighted by atomic mass is 32.1. The predicted octanol–water partition coefficient (Wildman–Crippen LogP) is 3.11. The van der Waals surface area contributed by atoms with Gasteiger partial charge in [0, 0.05) is 18.5 Å². The number of aromatic nitrogens is 1. The van der Waals surface area contributed by atoms with Crippen molar-refractivity contribution in [2.75, 3.05) is 46.3 Å². The van der Waals surface area contributed by atoms with Gasteiger partial charge in [-0.1, -0.05) is 29.0 Å². The first-order valence-electron chi connectivity index (χ1n) is 10.1. The maximum atomic E-state index is 13.6. The molecular formula is C23H30N3O3S+. The van der Waals surface area contributed by atoms with Crippen molar-refractivity contribution in [1.82, 2.24) is 4.98 Å². The summed E-state index contributed by atoms with van der Waals surface area (Å²) in [6, 6.07) is 9.69. The second kappa shape index (κ2) is 9.45. The number of fused-ring (bicyclic) bond motifs is 1. The smallest absolute Gasteiger partial charge is 0.260 e. The topological polar surface area (TPSA) is 56.1 Å². The number of hydrogen-bond acceptors (Lipinski definition) is 5. The Kier molecular flexibility index (Phi) is 6.95. The van der Waals surface area contributed by atoms with Crippen LogP contribution in [-0.4, -0.2) is 52.3 Å². The lowest BCUT2D eigenvalue weighted by Crippen LogP contribution is -3.05. The molecule has 160 valence electrons. The average molecular weight is 429 g/mol. The Morgan fingerprint density at radius 2 is 1.80 bits per heavy atom. The van der Waals surface area contributed by atoms with E-state index in [1.165, 1.54) is 16.2 Å². The van der Waals surface area contributed by atoms with Crippen LogP contribution in [0, 0.1) is 13.8 Å². The van der Waals surface area contributed by atoms with Gasteiger partial charge in [0.15, 0.2) is 5.13 Å². The number of nitrogens with one attached hydrogen (secondary N) is 1. The molecule has 0 aliphatic heterocycles. The summed E-state index contributed by atoms with van der Waals surface area (Å²) in [6.07, 6.45) is 0.878. The summed E-state index contributed by atoms with van der Waals surface area (Å²) in [5.74, 6) is 1.37. The van der Waals surface area contributed by atoms with Crippen molar-refractivity contribution in [3.8, 4) is 11.5 Å². The summed E-state index contributed by atoms with van der Waals surface area (Å²) >= 11 is 1.46. The van der Waals surface area contributed by atoms with Crippen molar-refractivity contribution < 1.29 is 19.2 Å². The van der Waals surface area contributed by atoms with Crippen LogP contribution < -0.4 is 19.3 Å². The van der Waals surface area contributed by atoms with Crippen molar-refractivity contribution in [3.05, 3.63) is 47.0 Å². The number of thiazole rings is 1. The van der Waals surface area contributed by atoms with Gasteiger partial charge in [0.05, 0.1) is 34.9 Å². The molecule has 7 heteroatoms. The van der Waals surface area contributed by atoms with Gasteiger partial charge in [-0.3, -0.25) is 9.69 Å². The van der Waals surface area contributed by atoms with E-state index in [9.17, 15) is 4.79 Å². The molecule has 0 spiro atoms. The van der Waals surface area contributed by atoms with Crippen molar-refractivity contribution in [2.24, 2.45) is 0 Å². The largest absolute Gasteiger partial charge is 0.495 e. The molecule has 0 saturated heterocycles. The molecule has 3 rings (SSSR count). The van der Waals surface area contributed by atoms with Gasteiger partial charge in [-0.25, -0.2) is 4.98 Å². The molecule has 0 fully saturated rings. The van der Waals surface area contributed by atoms with Crippen LogP contribution in [0.2, 0.25) is 0 Å². The Morgan fingerprint density at radius 3 is 2.47 bits per heavy atom. The number of ether oxygens (including phenoxy) is 2. The van der Waals surface area contributed by atoms with Gasteiger partial charge < -0.3 is 14.4 Å². The number of aryl methyl sites for hydroxylation is 2. The number of carbonyl (C=O) groups excluding carboxylic acids is 1. The summed E-state index contributed by atoms with van der Waals surface area (Å²) in [6.45, 7) is 5.54. The minimum absolute atomic E-state index is 0.0260. The van der Waals surface area contributed by atoms with Crippen LogP contribution in [0.5, 0.6) is 11.5 Å². The molecule has 0 bridgehead atoms. The number of carbonyl (C=O) groups is 1. The van der Waals surface area contributed by atoms with E-state index in [2.05, 4.69) is 14.1 Å². The second-order valence-electron chi connectivity index (χ2n) is 7.73. The number of anilines is 1. The summed E-state index contributed by atoms with van der Waals surface area (Å²) in [5, 5.41) is 0.660. The van der Waals surface area contributed by atoms with Gasteiger partial charge in [-0.15, -0.1) is 0 Å². The third-order valence-corrected chi connectivity index (χ3v) is 6.15. The van der Waals surface area contributed by atoms with Gasteiger partial charge in [0.25, 0.3) is 5.91 Å². The van der Waals surface area contributed by atoms with Crippen LogP contribution in [-0.2, 0) is 0 Å². The number of hydrogen-bond donors (Lipinski definition) is 1. The molecule has 1 aromatic heterocycles. The number of quaternary nitrogens is 1. The van der Waals surface area contributed by atoms with Gasteiger partial charge >= 0.3 is 0 Å². The van der Waals surface area contributed by atoms with Crippen molar-refractivity contribution in [2.45, 2.75) is 20.3 Å². The molecular weight excluding hydrogens is 398 g/mol. The number of benzene rings is 2. The fourth-order valence-electron chi connectivity index (χ4n) is 3.38. The molecule has 0 unspecified atom stereocenters. The number of rotatable bonds is 8. The Bertz CT molecular complexity index is 1000. The SMILES string of the molecule is COc1ccc(OC)c2sc(N(CCC[NH+](C)C)C(=O)c3cc(C)ccc3C)nc12. The minimum Gasteiger partial charge on any atom is -0.495 e. The van der Waals surface area contributed by atoms with E-state index in [0.29, 0.717) is 28.5 Å². The molecule has 30 heavy (non-hydrogen) atoms. The summed E-state index contributed by atoms with van der Waals surface area (Å²) < 4.78 is 11.9. The lowest BCUT2D eigenvalue weighted by atomic mass is 10.0. The molecule has 6 nitrogen and oxygen atoms in total. The monoisotopic (exact) mass is 428 g/mol. The molecule has 1 N–H and O–H groups in total. The van der Waals surface area contributed by atoms with E-state index in [-0.39, 0.29) is 5.91 Å². The molecule has 3 aromatic rings. The van der Waals surface area contributed by atoms with Crippen LogP contribution in [0.3, 0.4) is 0 Å². The maximum absolute atomic E-state index is 13.6. The molecule has 0 radical (unpaired) electrons. The molecule has 0 atom stereocenters. The van der Waals surface area contributed by atoms with Gasteiger partial charge in [0.1, 0.15) is 21.7 Å². The molecule has 1 amide bonds. The van der Waals surface area contributed by atoms with E-state index in [0.717, 1.165) is 34.5 Å². The zero-order chi connectivity index (χ0) is 21.8. The van der Waals surface area contributed by atoms with Crippen LogP contribution in [0.25, 0.3) is 10.2 Å². The number of methoxy groups -OCH3 is 2. The summed E-state index contributed by atoms with van der Waals surface area (Å²) in [5.41, 5.74) is 3.46. The summed E-state index contributed by atoms with van der Waals surface area (Å²) in [4.78, 5) is 21.6. The molecule has 1 heterocycles. The van der Waals surface area contributed by atoms with Crippen molar-refractivity contribution in [1.29, 1.82) is 0 Å².